The Balaban J connectivity index is 0.0000240. The number of primary amides is 1. The number of aromatic hydroxyl groups is 2. The third-order valence-electron chi connectivity index (χ3n) is 21.1. The van der Waals surface area contributed by atoms with E-state index in [9.17, 15) is 112 Å². The first-order valence-electron chi connectivity index (χ1n) is 46.3. The Morgan fingerprint density at radius 3 is 0.886 bits per heavy atom. The molecule has 2 rings (SSSR count). The van der Waals surface area contributed by atoms with Crippen LogP contribution in [-0.4, -0.2) is 317 Å². The van der Waals surface area contributed by atoms with E-state index in [0.29, 0.717) is 62.7 Å². The number of aliphatic hydroxyl groups excluding tert-OH is 4. The fraction of sp³-hybridized carbons (Fsp3) is 0.636. The second-order valence-corrected chi connectivity index (χ2v) is 34.9. The molecule has 52 heteroatoms. The van der Waals surface area contributed by atoms with Gasteiger partial charge in [-0.3, -0.25) is 97.1 Å². The molecule has 0 fully saturated rings. The van der Waals surface area contributed by atoms with Gasteiger partial charge < -0.3 is 172 Å². The summed E-state index contributed by atoms with van der Waals surface area (Å²) < 4.78 is 0. The first-order chi connectivity index (χ1) is 65.9. The minimum atomic E-state index is -1.87. The van der Waals surface area contributed by atoms with Crippen molar-refractivity contribution in [3.05, 3.63) is 59.7 Å². The normalized spacial score (nSPS) is 14.3. The number of carbonyl (C=O) groups excluding carboxylic acids is 17. The molecule has 0 aliphatic carbocycles. The Hall–Kier alpha value is -13.3. The van der Waals surface area contributed by atoms with E-state index < -0.39 is 260 Å². The summed E-state index contributed by atoms with van der Waals surface area (Å²) in [6.07, 6.45) is 1.67. The largest absolute Gasteiger partial charge is 0.508 e. The Kier molecular flexibility index (Phi) is 60.5. The molecular formula is C88H151N27O25. The highest BCUT2D eigenvalue weighted by molar-refractivity contribution is 6.01. The Labute approximate surface area is 812 Å². The van der Waals surface area contributed by atoms with Gasteiger partial charge >= 0.3 is 0 Å². The van der Waals surface area contributed by atoms with E-state index in [2.05, 4.69) is 95.7 Å². The van der Waals surface area contributed by atoms with Crippen molar-refractivity contribution in [1.29, 1.82) is 10.8 Å². The van der Waals surface area contributed by atoms with Crippen LogP contribution in [0, 0.1) is 34.5 Å². The minimum absolute atomic E-state index is 0.0159. The average Bonchev–Trinajstić information content (AvgIpc) is 0.862. The SMILES string of the molecule is CC(=O)O.CC(C)CC(NC(=O)C(CO)NC(=O)C(NC(=O)CNC(=O)C(N)CCCCN)C(C)C)C(=O)NC(CO)C(=O)NC(Cc1ccc(O)cc1)C(=O)NC(CCCNC(=N)N)C(=O)NCCCCC(NC(=O)C(CCCNC(=N)N)NC(=O)C(Cc1ccc(O)cc1)NC(=O)C(CO)NC(=O)C(CC(C)C)NC(=O)C(CO)NC(=O)C(NC(=O)CNC(=O)C(N)CCCCN)C(C)C)C(N)=O. The smallest absolute Gasteiger partial charge is 0.300 e. The second kappa shape index (κ2) is 67.9. The van der Waals surface area contributed by atoms with Crippen LogP contribution in [0.5, 0.6) is 11.5 Å². The van der Waals surface area contributed by atoms with Crippen LogP contribution in [0.4, 0.5) is 0 Å². The molecule has 0 radical (unpaired) electrons. The van der Waals surface area contributed by atoms with Gasteiger partial charge in [-0.2, -0.15) is 0 Å². The van der Waals surface area contributed by atoms with Crippen LogP contribution in [0.1, 0.15) is 170 Å². The van der Waals surface area contributed by atoms with Gasteiger partial charge in [0.15, 0.2) is 11.9 Å². The number of benzene rings is 2. The first kappa shape index (κ1) is 125. The second-order valence-electron chi connectivity index (χ2n) is 34.9. The summed E-state index contributed by atoms with van der Waals surface area (Å²) in [5.41, 5.74) is 40.4. The van der Waals surface area contributed by atoms with E-state index in [-0.39, 0.29) is 114 Å². The molecule has 41 N–H and O–H groups in total. The van der Waals surface area contributed by atoms with Gasteiger partial charge in [0.05, 0.1) is 51.6 Å². The molecule has 0 saturated heterocycles. The van der Waals surface area contributed by atoms with Crippen LogP contribution >= 0.6 is 0 Å². The van der Waals surface area contributed by atoms with Crippen molar-refractivity contribution < 1.29 is 122 Å². The number of aliphatic hydroxyl groups is 4. The molecule has 15 atom stereocenters. The summed E-state index contributed by atoms with van der Waals surface area (Å²) in [4.78, 5) is 243. The zero-order chi connectivity index (χ0) is 106. The van der Waals surface area contributed by atoms with Crippen LogP contribution in [0.2, 0.25) is 0 Å². The molecule has 0 aliphatic rings. The molecule has 2 aromatic carbocycles. The molecule has 2 aromatic rings. The standard InChI is InChI=1S/C86H147N27O23.C2H4O2/c1-45(2)35-58(104-81(133)64(43-116)110-83(135)68(47(5)6)112-66(120)39-99-71(123)53(89)17-9-12-30-87)75(127)108-62(41-114)79(131)106-60(37-49-22-26-51(118)27-23-49)77(129)102-56(20-15-33-97-85(92)93)73(125)96-32-14-11-19-55(70(91)122)101-74(126)57(21-16-34-98-86(94)95)103-78(130)61(38-50-24-28-52(119)29-25-50)107-80(132)63(42-115)109-76(128)59(36-46(3)4)105-82(134)65(44-117)111-84(136)69(48(7)8)113-67(121)40-100-72(124)54(90)18-10-13-31-88;1-2(3)4/h22-29,45-48,53-65,68-69,114-119H,9-21,30-44,87-90H2,1-8H3,(H2,91,122)(H,96,125)(H,99,123)(H,100,124)(H,101,126)(H,102,129)(H,103,130)(H,104,133)(H,105,134)(H,106,131)(H,107,132)(H,108,127)(H,109,128)(H,110,135)(H,111,136)(H,112,120)(H,113,121)(H4,92,93,97)(H4,94,95,98);1H3,(H,3,4). The van der Waals surface area contributed by atoms with Gasteiger partial charge in [0.1, 0.15) is 90.0 Å². The molecule has 0 bridgehead atoms. The number of aliphatic carboxylic acids is 1. The molecule has 788 valence electrons. The van der Waals surface area contributed by atoms with Crippen molar-refractivity contribution >= 4 is 118 Å². The van der Waals surface area contributed by atoms with Gasteiger partial charge in [-0.05, 0) is 156 Å². The van der Waals surface area contributed by atoms with Crippen LogP contribution in [0.15, 0.2) is 48.5 Å². The number of nitrogens with two attached hydrogens (primary N) is 7. The maximum Gasteiger partial charge on any atom is 0.300 e. The maximum atomic E-state index is 14.7. The number of hydrogen-bond donors (Lipinski definition) is 34. The lowest BCUT2D eigenvalue weighted by molar-refractivity contribution is -0.136. The van der Waals surface area contributed by atoms with Crippen LogP contribution in [-0.2, 0) is 99.1 Å². The van der Waals surface area contributed by atoms with Gasteiger partial charge in [0.2, 0.25) is 100 Å². The lowest BCUT2D eigenvalue weighted by Crippen LogP contribution is -2.61. The van der Waals surface area contributed by atoms with Gasteiger partial charge in [-0.15, -0.1) is 0 Å². The fourth-order valence-corrected chi connectivity index (χ4v) is 13.4. The van der Waals surface area contributed by atoms with Crippen molar-refractivity contribution in [1.82, 2.24) is 95.7 Å². The number of unbranched alkanes of at least 4 members (excludes halogenated alkanes) is 3. The number of phenolic OH excluding ortho intramolecular Hbond substituents is 2. The van der Waals surface area contributed by atoms with Crippen LogP contribution in [0.25, 0.3) is 0 Å². The highest BCUT2D eigenvalue weighted by atomic mass is 16.4. The summed E-state index contributed by atoms with van der Waals surface area (Å²) in [5.74, 6) is -20.2. The summed E-state index contributed by atoms with van der Waals surface area (Å²) >= 11 is 0. The van der Waals surface area contributed by atoms with Crippen molar-refractivity contribution in [2.45, 2.75) is 262 Å². The van der Waals surface area contributed by atoms with Gasteiger partial charge in [0, 0.05) is 39.4 Å². The number of hydrogen-bond acceptors (Lipinski definition) is 30. The quantitative estimate of drug-likeness (QED) is 0.0166. The third-order valence-corrected chi connectivity index (χ3v) is 21.1. The van der Waals surface area contributed by atoms with Gasteiger partial charge in [-0.25, -0.2) is 0 Å². The number of carbonyl (C=O) groups is 18. The van der Waals surface area contributed by atoms with E-state index in [1.165, 1.54) is 48.5 Å². The Bertz CT molecular complexity index is 4320. The van der Waals surface area contributed by atoms with E-state index in [0.717, 1.165) is 6.92 Å². The predicted octanol–water partition coefficient (Wildman–Crippen LogP) is -9.91. The molecule has 0 spiro atoms. The summed E-state index contributed by atoms with van der Waals surface area (Å²) in [5, 5.41) is 130. The molecule has 0 heterocycles. The summed E-state index contributed by atoms with van der Waals surface area (Å²) in [6, 6.07) is -11.7. The number of nitrogens with one attached hydrogen (secondary N) is 20. The van der Waals surface area contributed by atoms with Crippen molar-refractivity contribution in [2.24, 2.45) is 63.8 Å². The van der Waals surface area contributed by atoms with E-state index in [4.69, 9.17) is 60.9 Å². The van der Waals surface area contributed by atoms with E-state index in [1.54, 1.807) is 55.4 Å². The number of carboxylic acids is 1. The lowest BCUT2D eigenvalue weighted by atomic mass is 10.0. The highest BCUT2D eigenvalue weighted by Crippen LogP contribution is 2.18. The monoisotopic (exact) mass is 1990 g/mol. The number of amides is 17. The fourth-order valence-electron chi connectivity index (χ4n) is 13.4. The molecule has 17 amide bonds. The summed E-state index contributed by atoms with van der Waals surface area (Å²) in [7, 11) is 0. The molecule has 0 saturated carbocycles. The van der Waals surface area contributed by atoms with Crippen molar-refractivity contribution in [3.63, 3.8) is 0 Å². The van der Waals surface area contributed by atoms with Crippen molar-refractivity contribution in [3.8, 4) is 11.5 Å². The Morgan fingerprint density at radius 2 is 0.579 bits per heavy atom. The number of phenols is 2. The first-order valence-corrected chi connectivity index (χ1v) is 46.3. The highest BCUT2D eigenvalue weighted by Gasteiger charge is 2.39. The molecular weight excluding hydrogens is 1840 g/mol. The van der Waals surface area contributed by atoms with Gasteiger partial charge in [-0.1, -0.05) is 92.5 Å². The average molecular weight is 1990 g/mol. The number of guanidine groups is 2. The lowest BCUT2D eigenvalue weighted by Gasteiger charge is -2.28. The van der Waals surface area contributed by atoms with Crippen LogP contribution < -0.4 is 136 Å². The topological polar surface area (TPSA) is 895 Å². The number of carboxylic acid groups (broad SMARTS) is 1. The predicted molar refractivity (Wildman–Crippen MR) is 511 cm³/mol. The Morgan fingerprint density at radius 1 is 0.314 bits per heavy atom. The molecule has 52 nitrogen and oxygen atoms in total. The minimum Gasteiger partial charge on any atom is -0.508 e. The summed E-state index contributed by atoms with van der Waals surface area (Å²) in [6.45, 7) is 9.34. The third kappa shape index (κ3) is 51.4. The molecule has 140 heavy (non-hydrogen) atoms. The maximum absolute atomic E-state index is 14.7. The van der Waals surface area contributed by atoms with Crippen molar-refractivity contribution in [2.75, 3.05) is 72.2 Å². The zero-order valence-corrected chi connectivity index (χ0v) is 80.9. The molecule has 0 aromatic heterocycles. The zero-order valence-electron chi connectivity index (χ0n) is 80.9. The molecule has 0 aliphatic heterocycles. The van der Waals surface area contributed by atoms with Gasteiger partial charge in [0.25, 0.3) is 5.97 Å². The number of rotatable bonds is 67. The van der Waals surface area contributed by atoms with E-state index in [1.807, 2.05) is 0 Å². The van der Waals surface area contributed by atoms with E-state index >= 15 is 0 Å². The van der Waals surface area contributed by atoms with Crippen LogP contribution in [0.3, 0.4) is 0 Å². The molecule has 15 unspecified atom stereocenters.